The third-order valence-corrected chi connectivity index (χ3v) is 5.12. The first kappa shape index (κ1) is 17.0. The van der Waals surface area contributed by atoms with Crippen molar-refractivity contribution in [2.75, 3.05) is 12.0 Å². The molecule has 116 valence electrons. The fourth-order valence-corrected chi connectivity index (χ4v) is 3.43. The van der Waals surface area contributed by atoms with Crippen LogP contribution in [0, 0.1) is 9.39 Å². The number of benzene rings is 1. The van der Waals surface area contributed by atoms with Crippen molar-refractivity contribution in [1.82, 2.24) is 9.55 Å². The summed E-state index contributed by atoms with van der Waals surface area (Å²) in [6.07, 6.45) is 1.64. The molecule has 1 heterocycles. The van der Waals surface area contributed by atoms with Gasteiger partial charge in [-0.2, -0.15) is 0 Å². The summed E-state index contributed by atoms with van der Waals surface area (Å²) in [5.41, 5.74) is 1.31. The number of nitrogens with zero attached hydrogens (tertiary/aromatic N) is 2. The molecule has 21 heavy (non-hydrogen) atoms. The number of rotatable bonds is 5. The van der Waals surface area contributed by atoms with Gasteiger partial charge in [0, 0.05) is 18.9 Å². The first-order chi connectivity index (χ1) is 9.69. The number of halogens is 3. The number of hydrogen-bond donors (Lipinski definition) is 0. The maximum absolute atomic E-state index is 13.8. The number of fused-ring (bicyclic) bond motifs is 1. The molecule has 2 rings (SSSR count). The predicted molar refractivity (Wildman–Crippen MR) is 91.0 cm³/mol. The van der Waals surface area contributed by atoms with E-state index in [0.29, 0.717) is 33.4 Å². The number of aryl methyl sites for hydroxylation is 1. The molecule has 8 heteroatoms. The van der Waals surface area contributed by atoms with Gasteiger partial charge in [-0.15, -0.1) is 11.6 Å². The molecule has 0 aliphatic carbocycles. The smallest absolute Gasteiger partial charge is 0.147 e. The molecule has 1 aromatic carbocycles. The van der Waals surface area contributed by atoms with E-state index in [1.165, 1.54) is 12.3 Å². The molecule has 0 aliphatic rings. The van der Waals surface area contributed by atoms with E-state index in [-0.39, 0.29) is 16.9 Å². The van der Waals surface area contributed by atoms with Gasteiger partial charge in [0.05, 0.1) is 25.7 Å². The minimum absolute atomic E-state index is 0.0790. The van der Waals surface area contributed by atoms with E-state index in [2.05, 4.69) is 4.98 Å². The lowest BCUT2D eigenvalue weighted by atomic mass is 10.3. The highest BCUT2D eigenvalue weighted by Crippen LogP contribution is 2.27. The minimum Gasteiger partial charge on any atom is -0.327 e. The zero-order valence-corrected chi connectivity index (χ0v) is 15.3. The summed E-state index contributed by atoms with van der Waals surface area (Å²) < 4.78 is 38.5. The van der Waals surface area contributed by atoms with Gasteiger partial charge in [-0.3, -0.25) is 0 Å². The highest BCUT2D eigenvalue weighted by molar-refractivity contribution is 14.1. The summed E-state index contributed by atoms with van der Waals surface area (Å²) in [6.45, 7) is 2.23. The fraction of sp³-hybridized carbons (Fsp3) is 0.462. The Balaban J connectivity index is 2.43. The summed E-state index contributed by atoms with van der Waals surface area (Å²) in [7, 11) is -3.02. The Morgan fingerprint density at radius 2 is 2.14 bits per heavy atom. The van der Waals surface area contributed by atoms with Gasteiger partial charge in [0.25, 0.3) is 0 Å². The van der Waals surface area contributed by atoms with E-state index in [1.807, 2.05) is 22.6 Å². The zero-order valence-electron chi connectivity index (χ0n) is 11.6. The summed E-state index contributed by atoms with van der Waals surface area (Å²) in [5.74, 6) is 0.387. The van der Waals surface area contributed by atoms with Crippen molar-refractivity contribution in [1.29, 1.82) is 0 Å². The summed E-state index contributed by atoms with van der Waals surface area (Å²) >= 11 is 8.04. The number of sulfone groups is 1. The van der Waals surface area contributed by atoms with Crippen molar-refractivity contribution < 1.29 is 12.8 Å². The molecule has 0 aliphatic heterocycles. The maximum atomic E-state index is 13.8. The van der Waals surface area contributed by atoms with Gasteiger partial charge in [0.2, 0.25) is 0 Å². The lowest BCUT2D eigenvalue weighted by Gasteiger charge is -2.10. The largest absolute Gasteiger partial charge is 0.327 e. The topological polar surface area (TPSA) is 52.0 Å². The lowest BCUT2D eigenvalue weighted by Crippen LogP contribution is -2.10. The molecular weight excluding hydrogens is 430 g/mol. The highest BCUT2D eigenvalue weighted by Gasteiger charge is 2.17. The molecule has 0 bridgehead atoms. The van der Waals surface area contributed by atoms with Crippen molar-refractivity contribution in [2.24, 2.45) is 0 Å². The number of alkyl halides is 1. The van der Waals surface area contributed by atoms with Crippen LogP contribution in [0.1, 0.15) is 24.5 Å². The molecule has 0 saturated carbocycles. The van der Waals surface area contributed by atoms with Crippen LogP contribution in [0.4, 0.5) is 4.39 Å². The number of aromatic nitrogens is 2. The Morgan fingerprint density at radius 3 is 2.71 bits per heavy atom. The molecule has 0 saturated heterocycles. The molecule has 1 aromatic heterocycles. The summed E-state index contributed by atoms with van der Waals surface area (Å²) in [6, 6.07) is 3.09. The van der Waals surface area contributed by atoms with E-state index in [9.17, 15) is 12.8 Å². The molecule has 2 aromatic rings. The van der Waals surface area contributed by atoms with Crippen molar-refractivity contribution in [3.8, 4) is 0 Å². The monoisotopic (exact) mass is 444 g/mol. The SMILES string of the molecule is CC(Cl)c1nc2cc(I)c(F)cc2n1CCCS(C)(=O)=O. The molecule has 0 spiro atoms. The summed E-state index contributed by atoms with van der Waals surface area (Å²) in [5, 5.41) is -0.337. The van der Waals surface area contributed by atoms with Crippen molar-refractivity contribution in [2.45, 2.75) is 25.3 Å². The van der Waals surface area contributed by atoms with Crippen LogP contribution < -0.4 is 0 Å². The van der Waals surface area contributed by atoms with Crippen LogP contribution in [0.3, 0.4) is 0 Å². The Hall–Kier alpha value is -0.410. The van der Waals surface area contributed by atoms with E-state index >= 15 is 0 Å². The second kappa shape index (κ2) is 6.37. The van der Waals surface area contributed by atoms with Gasteiger partial charge >= 0.3 is 0 Å². The average Bonchev–Trinajstić information content (AvgIpc) is 2.67. The van der Waals surface area contributed by atoms with Gasteiger partial charge < -0.3 is 4.57 Å². The number of imidazole rings is 1. The zero-order chi connectivity index (χ0) is 15.8. The first-order valence-electron chi connectivity index (χ1n) is 6.36. The van der Waals surface area contributed by atoms with Gasteiger partial charge in [0.15, 0.2) is 0 Å². The Bertz CT molecular complexity index is 774. The third kappa shape index (κ3) is 4.07. The highest BCUT2D eigenvalue weighted by atomic mass is 127. The van der Waals surface area contributed by atoms with E-state index < -0.39 is 9.84 Å². The van der Waals surface area contributed by atoms with E-state index in [0.717, 1.165) is 0 Å². The van der Waals surface area contributed by atoms with Gasteiger partial charge in [-0.05, 0) is 42.0 Å². The molecule has 0 radical (unpaired) electrons. The standard InChI is InChI=1S/C13H15ClFIN2O2S/c1-8(14)13-17-11-7-10(16)9(15)6-12(11)18(13)4-3-5-21(2,19)20/h6-8H,3-5H2,1-2H3. The third-order valence-electron chi connectivity index (χ3n) is 3.07. The molecule has 1 unspecified atom stereocenters. The minimum atomic E-state index is -3.02. The first-order valence-corrected chi connectivity index (χ1v) is 9.93. The van der Waals surface area contributed by atoms with Crippen molar-refractivity contribution >= 4 is 55.1 Å². The molecular formula is C13H15ClFIN2O2S. The molecule has 4 nitrogen and oxygen atoms in total. The van der Waals surface area contributed by atoms with Crippen LogP contribution in [0.2, 0.25) is 0 Å². The van der Waals surface area contributed by atoms with Crippen LogP contribution >= 0.6 is 34.2 Å². The maximum Gasteiger partial charge on any atom is 0.147 e. The molecule has 0 N–H and O–H groups in total. The second-order valence-corrected chi connectivity index (χ2v) is 9.05. The average molecular weight is 445 g/mol. The normalized spacial score (nSPS) is 13.8. The van der Waals surface area contributed by atoms with E-state index in [4.69, 9.17) is 11.6 Å². The summed E-state index contributed by atoms with van der Waals surface area (Å²) in [4.78, 5) is 4.44. The van der Waals surface area contributed by atoms with Crippen LogP contribution in [0.15, 0.2) is 12.1 Å². The predicted octanol–water partition coefficient (Wildman–Crippen LogP) is 3.51. The van der Waals surface area contributed by atoms with Crippen LogP contribution in [0.25, 0.3) is 11.0 Å². The number of hydrogen-bond acceptors (Lipinski definition) is 3. The van der Waals surface area contributed by atoms with Crippen LogP contribution in [0.5, 0.6) is 0 Å². The van der Waals surface area contributed by atoms with Crippen LogP contribution in [-0.2, 0) is 16.4 Å². The van der Waals surface area contributed by atoms with Gasteiger partial charge in [-0.25, -0.2) is 17.8 Å². The lowest BCUT2D eigenvalue weighted by molar-refractivity contribution is 0.589. The van der Waals surface area contributed by atoms with Crippen LogP contribution in [-0.4, -0.2) is 30.0 Å². The molecule has 0 fully saturated rings. The fourth-order valence-electron chi connectivity index (χ4n) is 2.16. The Labute approximate surface area is 141 Å². The quantitative estimate of drug-likeness (QED) is 0.524. The molecule has 0 amide bonds. The van der Waals surface area contributed by atoms with Crippen molar-refractivity contribution in [3.05, 3.63) is 27.3 Å². The van der Waals surface area contributed by atoms with Gasteiger partial charge in [0.1, 0.15) is 21.5 Å². The molecule has 1 atom stereocenters. The Morgan fingerprint density at radius 1 is 1.48 bits per heavy atom. The second-order valence-electron chi connectivity index (χ2n) is 4.98. The van der Waals surface area contributed by atoms with Gasteiger partial charge in [-0.1, -0.05) is 0 Å². The Kier molecular flexibility index (Phi) is 5.15. The van der Waals surface area contributed by atoms with E-state index in [1.54, 1.807) is 17.6 Å². The van der Waals surface area contributed by atoms with Crippen molar-refractivity contribution in [3.63, 3.8) is 0 Å².